The van der Waals surface area contributed by atoms with Crippen molar-refractivity contribution in [3.8, 4) is 10.4 Å². The number of hydrogen-bond acceptors (Lipinski definition) is 2. The first-order valence-corrected chi connectivity index (χ1v) is 7.56. The van der Waals surface area contributed by atoms with E-state index >= 15 is 0 Å². The summed E-state index contributed by atoms with van der Waals surface area (Å²) in [5.41, 5.74) is 1.09. The number of hydrogen-bond donors (Lipinski definition) is 1. The molecule has 1 aromatic carbocycles. The van der Waals surface area contributed by atoms with Crippen molar-refractivity contribution in [1.82, 2.24) is 5.32 Å². The maximum Gasteiger partial charge on any atom is 0.0427 e. The van der Waals surface area contributed by atoms with Gasteiger partial charge >= 0.3 is 0 Å². The van der Waals surface area contributed by atoms with Crippen LogP contribution in [0.25, 0.3) is 10.4 Å². The molecule has 18 heavy (non-hydrogen) atoms. The largest absolute Gasteiger partial charge is 0.309 e. The molecule has 1 nitrogen and oxygen atoms in total. The Bertz CT molecular complexity index is 540. The molecule has 0 amide bonds. The van der Waals surface area contributed by atoms with Crippen LogP contribution in [-0.2, 0) is 6.54 Å². The Morgan fingerprint density at radius 2 is 1.83 bits per heavy atom. The third kappa shape index (κ3) is 3.07. The molecule has 1 aliphatic rings. The van der Waals surface area contributed by atoms with Crippen molar-refractivity contribution in [1.29, 1.82) is 0 Å². The molecule has 1 heterocycles. The van der Waals surface area contributed by atoms with Gasteiger partial charge in [0.15, 0.2) is 0 Å². The summed E-state index contributed by atoms with van der Waals surface area (Å²) in [5, 5.41) is 4.89. The molecule has 0 aliphatic heterocycles. The summed E-state index contributed by atoms with van der Waals surface area (Å²) in [6.07, 6.45) is 2.64. The lowest BCUT2D eigenvalue weighted by Crippen LogP contribution is -2.14. The van der Waals surface area contributed by atoms with Gasteiger partial charge in [0, 0.05) is 32.4 Å². The molecule has 0 unspecified atom stereocenters. The zero-order chi connectivity index (χ0) is 12.5. The highest BCUT2D eigenvalue weighted by molar-refractivity contribution is 7.15. The number of benzene rings is 1. The Morgan fingerprint density at radius 1 is 1.11 bits per heavy atom. The molecule has 0 radical (unpaired) electrons. The summed E-state index contributed by atoms with van der Waals surface area (Å²) in [5.74, 6) is 0. The van der Waals surface area contributed by atoms with Crippen molar-refractivity contribution >= 4 is 34.5 Å². The fraction of sp³-hybridized carbons (Fsp3) is 0.286. The van der Waals surface area contributed by atoms with Crippen molar-refractivity contribution < 1.29 is 0 Å². The lowest BCUT2D eigenvalue weighted by atomic mass is 10.2. The van der Waals surface area contributed by atoms with Crippen molar-refractivity contribution in [2.45, 2.75) is 25.4 Å². The van der Waals surface area contributed by atoms with E-state index in [0.717, 1.165) is 18.2 Å². The van der Waals surface area contributed by atoms with E-state index in [1.54, 1.807) is 17.4 Å². The first kappa shape index (κ1) is 12.5. The molecule has 4 heteroatoms. The molecule has 94 valence electrons. The molecule has 0 saturated heterocycles. The second kappa shape index (κ2) is 5.22. The Hall–Kier alpha value is -0.540. The van der Waals surface area contributed by atoms with Gasteiger partial charge in [-0.1, -0.05) is 23.2 Å². The van der Waals surface area contributed by atoms with Gasteiger partial charge in [-0.25, -0.2) is 0 Å². The van der Waals surface area contributed by atoms with Crippen molar-refractivity contribution in [2.75, 3.05) is 0 Å². The van der Waals surface area contributed by atoms with E-state index in [0.29, 0.717) is 10.0 Å². The highest BCUT2D eigenvalue weighted by atomic mass is 35.5. The SMILES string of the molecule is Clc1cc(Cl)cc(-c2ccc(CNC3CC3)s2)c1. The highest BCUT2D eigenvalue weighted by Gasteiger charge is 2.20. The molecule has 0 spiro atoms. The van der Waals surface area contributed by atoms with Crippen LogP contribution in [-0.4, -0.2) is 6.04 Å². The monoisotopic (exact) mass is 297 g/mol. The average Bonchev–Trinajstić information content (AvgIpc) is 3.02. The van der Waals surface area contributed by atoms with Crippen molar-refractivity contribution in [3.63, 3.8) is 0 Å². The van der Waals surface area contributed by atoms with Crippen LogP contribution in [0.4, 0.5) is 0 Å². The molecule has 1 aliphatic carbocycles. The number of rotatable bonds is 4. The van der Waals surface area contributed by atoms with E-state index in [1.165, 1.54) is 22.6 Å². The van der Waals surface area contributed by atoms with Crippen LogP contribution in [0.15, 0.2) is 30.3 Å². The van der Waals surface area contributed by atoms with Crippen LogP contribution < -0.4 is 5.32 Å². The van der Waals surface area contributed by atoms with Crippen LogP contribution in [0.2, 0.25) is 10.0 Å². The lowest BCUT2D eigenvalue weighted by molar-refractivity contribution is 0.695. The number of halogens is 2. The number of nitrogens with one attached hydrogen (secondary N) is 1. The zero-order valence-corrected chi connectivity index (χ0v) is 12.1. The van der Waals surface area contributed by atoms with E-state index in [2.05, 4.69) is 17.4 Å². The third-order valence-electron chi connectivity index (χ3n) is 2.95. The molecule has 0 atom stereocenters. The number of thiophene rings is 1. The van der Waals surface area contributed by atoms with Gasteiger partial charge in [-0.05, 0) is 48.7 Å². The summed E-state index contributed by atoms with van der Waals surface area (Å²) in [6.45, 7) is 0.962. The molecule has 1 aromatic heterocycles. The fourth-order valence-corrected chi connectivity index (χ4v) is 3.33. The Kier molecular flexibility index (Phi) is 3.62. The molecule has 2 aromatic rings. The van der Waals surface area contributed by atoms with Crippen LogP contribution in [0.3, 0.4) is 0 Å². The van der Waals surface area contributed by atoms with Gasteiger partial charge in [0.1, 0.15) is 0 Å². The maximum absolute atomic E-state index is 6.03. The van der Waals surface area contributed by atoms with Gasteiger partial charge in [-0.3, -0.25) is 0 Å². The minimum absolute atomic E-state index is 0.684. The minimum Gasteiger partial charge on any atom is -0.309 e. The molecule has 3 rings (SSSR count). The first-order chi connectivity index (χ1) is 8.70. The standard InChI is InChI=1S/C14H13Cl2NS/c15-10-5-9(6-11(16)7-10)14-4-3-13(18-14)8-17-12-1-2-12/h3-7,12,17H,1-2,8H2. The summed E-state index contributed by atoms with van der Waals surface area (Å²) in [6, 6.07) is 10.7. The smallest absolute Gasteiger partial charge is 0.0427 e. The van der Waals surface area contributed by atoms with Crippen LogP contribution in [0.5, 0.6) is 0 Å². The first-order valence-electron chi connectivity index (χ1n) is 5.99. The second-order valence-corrected chi connectivity index (χ2v) is 6.62. The fourth-order valence-electron chi connectivity index (χ4n) is 1.86. The molecule has 1 saturated carbocycles. The van der Waals surface area contributed by atoms with Gasteiger partial charge in [-0.15, -0.1) is 11.3 Å². The quantitative estimate of drug-likeness (QED) is 0.840. The van der Waals surface area contributed by atoms with Crippen LogP contribution >= 0.6 is 34.5 Å². The van der Waals surface area contributed by atoms with Crippen LogP contribution in [0, 0.1) is 0 Å². The maximum atomic E-state index is 6.03. The van der Waals surface area contributed by atoms with Gasteiger partial charge in [0.2, 0.25) is 0 Å². The van der Waals surface area contributed by atoms with E-state index in [-0.39, 0.29) is 0 Å². The van der Waals surface area contributed by atoms with Gasteiger partial charge in [0.05, 0.1) is 0 Å². The molecule has 1 fully saturated rings. The van der Waals surface area contributed by atoms with Gasteiger partial charge < -0.3 is 5.32 Å². The predicted octanol–water partition coefficient (Wildman–Crippen LogP) is 4.97. The third-order valence-corrected chi connectivity index (χ3v) is 4.52. The van der Waals surface area contributed by atoms with E-state index < -0.39 is 0 Å². The lowest BCUT2D eigenvalue weighted by Gasteiger charge is -2.01. The Morgan fingerprint density at radius 3 is 2.50 bits per heavy atom. The molecule has 0 bridgehead atoms. The van der Waals surface area contributed by atoms with Crippen molar-refractivity contribution in [2.24, 2.45) is 0 Å². The molecular weight excluding hydrogens is 285 g/mol. The molecule has 1 N–H and O–H groups in total. The Labute approximate surface area is 121 Å². The Balaban J connectivity index is 1.78. The normalized spacial score (nSPS) is 15.0. The molecular formula is C14H13Cl2NS. The minimum atomic E-state index is 0.684. The topological polar surface area (TPSA) is 12.0 Å². The van der Waals surface area contributed by atoms with Crippen molar-refractivity contribution in [3.05, 3.63) is 45.3 Å². The summed E-state index contributed by atoms with van der Waals surface area (Å²) in [7, 11) is 0. The zero-order valence-electron chi connectivity index (χ0n) is 9.75. The van der Waals surface area contributed by atoms with E-state index in [1.807, 2.05) is 12.1 Å². The summed E-state index contributed by atoms with van der Waals surface area (Å²) in [4.78, 5) is 2.57. The van der Waals surface area contributed by atoms with Gasteiger partial charge in [-0.2, -0.15) is 0 Å². The second-order valence-electron chi connectivity index (χ2n) is 4.58. The van der Waals surface area contributed by atoms with E-state index in [9.17, 15) is 0 Å². The average molecular weight is 298 g/mol. The van der Waals surface area contributed by atoms with Gasteiger partial charge in [0.25, 0.3) is 0 Å². The summed E-state index contributed by atoms with van der Waals surface area (Å²) < 4.78 is 0. The summed E-state index contributed by atoms with van der Waals surface area (Å²) >= 11 is 13.8. The van der Waals surface area contributed by atoms with E-state index in [4.69, 9.17) is 23.2 Å². The van der Waals surface area contributed by atoms with Crippen LogP contribution in [0.1, 0.15) is 17.7 Å². The predicted molar refractivity (Wildman–Crippen MR) is 79.6 cm³/mol. The highest BCUT2D eigenvalue weighted by Crippen LogP contribution is 2.32.